The third-order valence-corrected chi connectivity index (χ3v) is 4.65. The van der Waals surface area contributed by atoms with Crippen LogP contribution in [0.3, 0.4) is 0 Å². The zero-order valence-electron chi connectivity index (χ0n) is 13.9. The topological polar surface area (TPSA) is 77.0 Å². The number of hydrogen-bond donors (Lipinski definition) is 1. The molecule has 2 aromatic carbocycles. The summed E-state index contributed by atoms with van der Waals surface area (Å²) in [6, 6.07) is 17.0. The van der Waals surface area contributed by atoms with E-state index in [1.54, 1.807) is 12.1 Å². The number of carbonyl (C=O) groups excluding carboxylic acids is 1. The number of benzene rings is 2. The summed E-state index contributed by atoms with van der Waals surface area (Å²) in [5.74, 6) is 0.816. The van der Waals surface area contributed by atoms with Crippen LogP contribution in [0.2, 0.25) is 10.6 Å². The van der Waals surface area contributed by atoms with Gasteiger partial charge in [0.25, 0.3) is 0 Å². The van der Waals surface area contributed by atoms with E-state index in [0.29, 0.717) is 18.0 Å². The first-order valence-electron chi connectivity index (χ1n) is 7.87. The average molecular weight is 421 g/mol. The Bertz CT molecular complexity index is 891. The number of halogens is 2. The molecule has 0 spiro atoms. The number of nitrogens with zero attached hydrogens (tertiary/aromatic N) is 3. The van der Waals surface area contributed by atoms with Crippen molar-refractivity contribution in [1.82, 2.24) is 20.3 Å². The first-order valence-corrected chi connectivity index (χ1v) is 9.61. The fraction of sp³-hybridized carbons (Fsp3) is 0.111. The van der Waals surface area contributed by atoms with Gasteiger partial charge in [0.15, 0.2) is 0 Å². The van der Waals surface area contributed by atoms with Crippen LogP contribution in [-0.4, -0.2) is 26.6 Å². The van der Waals surface area contributed by atoms with Crippen LogP contribution >= 0.6 is 35.0 Å². The molecule has 27 heavy (non-hydrogen) atoms. The number of thioether (sulfide) groups is 1. The number of hydrogen-bond acceptors (Lipinski definition) is 6. The molecule has 0 fully saturated rings. The van der Waals surface area contributed by atoms with Gasteiger partial charge in [-0.05, 0) is 53.0 Å². The standard InChI is InChI=1S/C18H14Cl2N4O2S/c19-16-22-17(20)24-18(23-16)26-13-6-8-14(9-7-13)27-11-15(25)21-10-12-4-2-1-3-5-12/h1-9H,10-11H2,(H,21,25). The Morgan fingerprint density at radius 2 is 1.63 bits per heavy atom. The van der Waals surface area contributed by atoms with Crippen molar-refractivity contribution in [3.05, 3.63) is 70.7 Å². The Morgan fingerprint density at radius 3 is 2.30 bits per heavy atom. The summed E-state index contributed by atoms with van der Waals surface area (Å²) in [4.78, 5) is 24.2. The molecule has 0 aliphatic rings. The molecule has 0 aliphatic heterocycles. The van der Waals surface area contributed by atoms with E-state index in [9.17, 15) is 4.79 Å². The molecule has 3 aromatic rings. The predicted octanol–water partition coefficient (Wildman–Crippen LogP) is 4.38. The molecule has 6 nitrogen and oxygen atoms in total. The average Bonchev–Trinajstić information content (AvgIpc) is 2.66. The first-order chi connectivity index (χ1) is 13.1. The molecule has 0 bridgehead atoms. The summed E-state index contributed by atoms with van der Waals surface area (Å²) in [5.41, 5.74) is 1.07. The Balaban J connectivity index is 1.48. The molecule has 138 valence electrons. The molecule has 1 amide bonds. The number of carbonyl (C=O) groups is 1. The minimum absolute atomic E-state index is 0.0145. The highest BCUT2D eigenvalue weighted by Gasteiger charge is 2.07. The molecule has 1 aromatic heterocycles. The third kappa shape index (κ3) is 6.39. The van der Waals surface area contributed by atoms with Gasteiger partial charge in [0.05, 0.1) is 5.75 Å². The third-order valence-electron chi connectivity index (χ3n) is 3.30. The van der Waals surface area contributed by atoms with Crippen molar-refractivity contribution in [2.75, 3.05) is 5.75 Å². The van der Waals surface area contributed by atoms with Crippen LogP contribution in [0, 0.1) is 0 Å². The van der Waals surface area contributed by atoms with Crippen LogP contribution in [0.1, 0.15) is 5.56 Å². The fourth-order valence-electron chi connectivity index (χ4n) is 2.06. The second-order valence-corrected chi connectivity index (χ2v) is 7.01. The smallest absolute Gasteiger partial charge is 0.327 e. The summed E-state index contributed by atoms with van der Waals surface area (Å²) < 4.78 is 5.49. The Hall–Kier alpha value is -2.35. The number of nitrogens with one attached hydrogen (secondary N) is 1. The van der Waals surface area contributed by atoms with E-state index in [2.05, 4.69) is 20.3 Å². The quantitative estimate of drug-likeness (QED) is 0.571. The van der Waals surface area contributed by atoms with Crippen molar-refractivity contribution in [3.63, 3.8) is 0 Å². The normalized spacial score (nSPS) is 10.4. The summed E-state index contributed by atoms with van der Waals surface area (Å²) >= 11 is 12.9. The van der Waals surface area contributed by atoms with Gasteiger partial charge in [-0.3, -0.25) is 4.79 Å². The van der Waals surface area contributed by atoms with Crippen molar-refractivity contribution >= 4 is 40.9 Å². The molecule has 1 heterocycles. The van der Waals surface area contributed by atoms with Gasteiger partial charge in [-0.2, -0.15) is 15.0 Å². The lowest BCUT2D eigenvalue weighted by Gasteiger charge is -2.07. The van der Waals surface area contributed by atoms with E-state index < -0.39 is 0 Å². The maximum absolute atomic E-state index is 12.0. The Kier molecular flexibility index (Phi) is 6.86. The van der Waals surface area contributed by atoms with Crippen molar-refractivity contribution in [2.24, 2.45) is 0 Å². The highest BCUT2D eigenvalue weighted by Crippen LogP contribution is 2.24. The summed E-state index contributed by atoms with van der Waals surface area (Å²) in [7, 11) is 0. The zero-order valence-corrected chi connectivity index (χ0v) is 16.3. The minimum atomic E-state index is -0.0429. The molecule has 0 atom stereocenters. The molecule has 3 rings (SSSR count). The van der Waals surface area contributed by atoms with Crippen LogP contribution in [0.4, 0.5) is 0 Å². The van der Waals surface area contributed by atoms with Gasteiger partial charge >= 0.3 is 6.01 Å². The van der Waals surface area contributed by atoms with E-state index in [-0.39, 0.29) is 22.5 Å². The molecule has 0 saturated heterocycles. The van der Waals surface area contributed by atoms with Gasteiger partial charge < -0.3 is 10.1 Å². The van der Waals surface area contributed by atoms with Gasteiger partial charge in [-0.15, -0.1) is 11.8 Å². The number of amides is 1. The number of rotatable bonds is 7. The molecule has 0 saturated carbocycles. The van der Waals surface area contributed by atoms with Crippen molar-refractivity contribution < 1.29 is 9.53 Å². The molecule has 1 N–H and O–H groups in total. The molecule has 0 aliphatic carbocycles. The SMILES string of the molecule is O=C(CSc1ccc(Oc2nc(Cl)nc(Cl)n2)cc1)NCc1ccccc1. The largest absolute Gasteiger partial charge is 0.424 e. The minimum Gasteiger partial charge on any atom is -0.424 e. The molecule has 0 unspecified atom stereocenters. The highest BCUT2D eigenvalue weighted by atomic mass is 35.5. The van der Waals surface area contributed by atoms with E-state index in [1.165, 1.54) is 11.8 Å². The van der Waals surface area contributed by atoms with Gasteiger partial charge in [0.1, 0.15) is 5.75 Å². The number of ether oxygens (including phenoxy) is 1. The van der Waals surface area contributed by atoms with E-state index in [4.69, 9.17) is 27.9 Å². The molecule has 9 heteroatoms. The molecular weight excluding hydrogens is 407 g/mol. The van der Waals surface area contributed by atoms with Gasteiger partial charge in [0.2, 0.25) is 16.5 Å². The lowest BCUT2D eigenvalue weighted by Crippen LogP contribution is -2.24. The lowest BCUT2D eigenvalue weighted by atomic mass is 10.2. The van der Waals surface area contributed by atoms with Crippen molar-refractivity contribution in [2.45, 2.75) is 11.4 Å². The highest BCUT2D eigenvalue weighted by molar-refractivity contribution is 8.00. The van der Waals surface area contributed by atoms with Gasteiger partial charge in [-0.25, -0.2) is 0 Å². The monoisotopic (exact) mass is 420 g/mol. The van der Waals surface area contributed by atoms with E-state index in [0.717, 1.165) is 10.5 Å². The van der Waals surface area contributed by atoms with Crippen LogP contribution in [0.15, 0.2) is 59.5 Å². The van der Waals surface area contributed by atoms with Crippen LogP contribution in [0.25, 0.3) is 0 Å². The van der Waals surface area contributed by atoms with E-state index >= 15 is 0 Å². The summed E-state index contributed by atoms with van der Waals surface area (Å²) in [6.45, 7) is 0.518. The molecular formula is C18H14Cl2N4O2S. The zero-order chi connectivity index (χ0) is 19.1. The van der Waals surface area contributed by atoms with Gasteiger partial charge in [-0.1, -0.05) is 30.3 Å². The Morgan fingerprint density at radius 1 is 0.963 bits per heavy atom. The lowest BCUT2D eigenvalue weighted by molar-refractivity contribution is -0.118. The second kappa shape index (κ2) is 9.55. The Labute approximate surface area is 170 Å². The van der Waals surface area contributed by atoms with E-state index in [1.807, 2.05) is 42.5 Å². The summed E-state index contributed by atoms with van der Waals surface area (Å²) in [6.07, 6.45) is 0. The van der Waals surface area contributed by atoms with Crippen LogP contribution in [0.5, 0.6) is 11.8 Å². The van der Waals surface area contributed by atoms with Crippen LogP contribution in [-0.2, 0) is 11.3 Å². The van der Waals surface area contributed by atoms with Crippen molar-refractivity contribution in [3.8, 4) is 11.8 Å². The summed E-state index contributed by atoms with van der Waals surface area (Å²) in [5, 5.41) is 2.81. The molecule has 0 radical (unpaired) electrons. The maximum Gasteiger partial charge on any atom is 0.327 e. The van der Waals surface area contributed by atoms with Gasteiger partial charge in [0, 0.05) is 11.4 Å². The maximum atomic E-state index is 12.0. The first kappa shape index (κ1) is 19.4. The second-order valence-electron chi connectivity index (χ2n) is 5.28. The number of aromatic nitrogens is 3. The van der Waals surface area contributed by atoms with Crippen LogP contribution < -0.4 is 10.1 Å². The predicted molar refractivity (Wildman–Crippen MR) is 105 cm³/mol. The fourth-order valence-corrected chi connectivity index (χ4v) is 3.14. The van der Waals surface area contributed by atoms with Crippen molar-refractivity contribution in [1.29, 1.82) is 0 Å².